The van der Waals surface area contributed by atoms with Gasteiger partial charge in [-0.15, -0.1) is 0 Å². The van der Waals surface area contributed by atoms with E-state index in [0.29, 0.717) is 13.0 Å². The summed E-state index contributed by atoms with van der Waals surface area (Å²) in [5.74, 6) is -0.0214. The van der Waals surface area contributed by atoms with Gasteiger partial charge in [0.2, 0.25) is 0 Å². The Morgan fingerprint density at radius 1 is 1.12 bits per heavy atom. The van der Waals surface area contributed by atoms with E-state index in [1.807, 2.05) is 77.9 Å². The first kappa shape index (κ1) is 21.5. The van der Waals surface area contributed by atoms with E-state index in [-0.39, 0.29) is 5.91 Å². The molecule has 7 nitrogen and oxygen atoms in total. The fraction of sp³-hybridized carbons (Fsp3) is 0.200. The van der Waals surface area contributed by atoms with Crippen molar-refractivity contribution >= 4 is 27.5 Å². The maximum atomic E-state index is 13.0. The Balaban J connectivity index is 1.50. The van der Waals surface area contributed by atoms with Crippen molar-refractivity contribution in [3.05, 3.63) is 88.8 Å². The van der Waals surface area contributed by atoms with E-state index in [9.17, 15) is 4.79 Å². The van der Waals surface area contributed by atoms with Crippen LogP contribution >= 0.6 is 15.9 Å². The Labute approximate surface area is 200 Å². The first-order valence-corrected chi connectivity index (χ1v) is 11.6. The van der Waals surface area contributed by atoms with Crippen LogP contribution in [-0.2, 0) is 16.0 Å². The average Bonchev–Trinajstić information content (AvgIpc) is 3.54. The van der Waals surface area contributed by atoms with Crippen LogP contribution in [0.2, 0.25) is 0 Å². The number of halogens is 1. The number of amides is 1. The zero-order valence-electron chi connectivity index (χ0n) is 18.1. The van der Waals surface area contributed by atoms with Gasteiger partial charge in [0, 0.05) is 46.4 Å². The summed E-state index contributed by atoms with van der Waals surface area (Å²) in [6.07, 6.45) is 5.39. The molecule has 1 aliphatic rings. The minimum atomic E-state index is -0.518. The number of rotatable bonds is 6. The second kappa shape index (κ2) is 8.88. The van der Waals surface area contributed by atoms with Crippen LogP contribution < -0.4 is 5.73 Å². The summed E-state index contributed by atoms with van der Waals surface area (Å²) in [4.78, 5) is 17.9. The molecule has 2 aromatic heterocycles. The summed E-state index contributed by atoms with van der Waals surface area (Å²) in [6, 6.07) is 17.6. The summed E-state index contributed by atoms with van der Waals surface area (Å²) >= 11 is 3.48. The quantitative estimate of drug-likeness (QED) is 0.371. The van der Waals surface area contributed by atoms with E-state index < -0.39 is 12.3 Å². The lowest BCUT2D eigenvalue weighted by Crippen LogP contribution is -2.32. The number of hydrogen-bond acceptors (Lipinski definition) is 4. The van der Waals surface area contributed by atoms with Gasteiger partial charge in [0.05, 0.1) is 5.69 Å². The molecule has 3 N–H and O–H groups in total. The molecular formula is C25H24BrN5O2. The number of benzene rings is 2. The third kappa shape index (κ3) is 4.31. The van der Waals surface area contributed by atoms with Crippen molar-refractivity contribution in [2.75, 3.05) is 12.3 Å². The van der Waals surface area contributed by atoms with Gasteiger partial charge in [-0.25, -0.2) is 4.68 Å². The predicted molar refractivity (Wildman–Crippen MR) is 131 cm³/mol. The Morgan fingerprint density at radius 2 is 1.88 bits per heavy atom. The van der Waals surface area contributed by atoms with E-state index in [2.05, 4.69) is 20.9 Å². The molecule has 2 atom stereocenters. The number of carbonyl (C=O) groups is 1. The van der Waals surface area contributed by atoms with Gasteiger partial charge in [0.1, 0.15) is 11.8 Å². The highest BCUT2D eigenvalue weighted by molar-refractivity contribution is 9.10. The molecule has 8 heteroatoms. The first-order valence-electron chi connectivity index (χ1n) is 10.8. The van der Waals surface area contributed by atoms with E-state index in [1.165, 1.54) is 0 Å². The van der Waals surface area contributed by atoms with Gasteiger partial charge in [-0.2, -0.15) is 5.10 Å². The number of anilines is 1. The van der Waals surface area contributed by atoms with Crippen LogP contribution in [0.15, 0.2) is 77.7 Å². The molecule has 168 valence electrons. The third-order valence-electron chi connectivity index (χ3n) is 5.84. The van der Waals surface area contributed by atoms with Crippen molar-refractivity contribution < 1.29 is 9.53 Å². The van der Waals surface area contributed by atoms with Gasteiger partial charge in [-0.3, -0.25) is 4.79 Å². The zero-order chi connectivity index (χ0) is 22.9. The highest BCUT2D eigenvalue weighted by Crippen LogP contribution is 2.37. The molecule has 1 aliphatic heterocycles. The number of H-pyrrole nitrogens is 1. The van der Waals surface area contributed by atoms with Gasteiger partial charge in [-0.1, -0.05) is 28.1 Å². The summed E-state index contributed by atoms with van der Waals surface area (Å²) in [6.45, 7) is 2.33. The van der Waals surface area contributed by atoms with Crippen molar-refractivity contribution in [2.24, 2.45) is 0 Å². The Hall–Kier alpha value is -3.36. The van der Waals surface area contributed by atoms with Gasteiger partial charge in [0.15, 0.2) is 6.23 Å². The van der Waals surface area contributed by atoms with Crippen LogP contribution in [-0.4, -0.2) is 38.2 Å². The lowest BCUT2D eigenvalue weighted by molar-refractivity contribution is -0.130. The summed E-state index contributed by atoms with van der Waals surface area (Å²) < 4.78 is 9.00. The molecule has 1 fully saturated rings. The largest absolute Gasteiger partial charge is 0.399 e. The van der Waals surface area contributed by atoms with Crippen molar-refractivity contribution in [1.29, 1.82) is 0 Å². The first-order chi connectivity index (χ1) is 16.0. The zero-order valence-corrected chi connectivity index (χ0v) is 19.7. The van der Waals surface area contributed by atoms with Crippen LogP contribution in [0.25, 0.3) is 16.9 Å². The van der Waals surface area contributed by atoms with Crippen molar-refractivity contribution in [2.45, 2.75) is 25.7 Å². The molecule has 0 spiro atoms. The molecule has 5 rings (SSSR count). The second-order valence-corrected chi connectivity index (χ2v) is 9.02. The SMILES string of the molecule is C[C@H]1O[C@@H](c2cn(-c3ccc(Br)cc3)nc2-c2cc[nH]c2)N(CCc2ccc(N)cc2)C1=O. The molecule has 2 aromatic carbocycles. The molecule has 0 bridgehead atoms. The van der Waals surface area contributed by atoms with Gasteiger partial charge >= 0.3 is 0 Å². The average molecular weight is 506 g/mol. The topological polar surface area (TPSA) is 89.2 Å². The maximum Gasteiger partial charge on any atom is 0.253 e. The lowest BCUT2D eigenvalue weighted by Gasteiger charge is -2.23. The van der Waals surface area contributed by atoms with Crippen LogP contribution in [0.1, 0.15) is 24.3 Å². The molecular weight excluding hydrogens is 482 g/mol. The smallest absolute Gasteiger partial charge is 0.253 e. The number of nitrogens with one attached hydrogen (secondary N) is 1. The minimum Gasteiger partial charge on any atom is -0.399 e. The van der Waals surface area contributed by atoms with Crippen LogP contribution in [0.4, 0.5) is 5.69 Å². The third-order valence-corrected chi connectivity index (χ3v) is 6.37. The number of carbonyl (C=O) groups excluding carboxylic acids is 1. The maximum absolute atomic E-state index is 13.0. The van der Waals surface area contributed by atoms with Crippen LogP contribution in [0, 0.1) is 0 Å². The summed E-state index contributed by atoms with van der Waals surface area (Å²) in [5.41, 5.74) is 11.1. The van der Waals surface area contributed by atoms with E-state index >= 15 is 0 Å². The molecule has 33 heavy (non-hydrogen) atoms. The molecule has 1 saturated heterocycles. The molecule has 4 aromatic rings. The molecule has 0 unspecified atom stereocenters. The number of nitrogens with two attached hydrogens (primary N) is 1. The predicted octanol–water partition coefficient (Wildman–Crippen LogP) is 4.70. The minimum absolute atomic E-state index is 0.0214. The van der Waals surface area contributed by atoms with Crippen LogP contribution in [0.3, 0.4) is 0 Å². The molecule has 1 amide bonds. The number of ether oxygens (including phenoxy) is 1. The number of aromatic nitrogens is 3. The molecule has 0 aliphatic carbocycles. The summed E-state index contributed by atoms with van der Waals surface area (Å²) in [5, 5.41) is 4.86. The number of nitrogens with zero attached hydrogens (tertiary/aromatic N) is 3. The summed E-state index contributed by atoms with van der Waals surface area (Å²) in [7, 11) is 0. The Bertz CT molecular complexity index is 1250. The van der Waals surface area contributed by atoms with E-state index in [0.717, 1.165) is 38.2 Å². The monoisotopic (exact) mass is 505 g/mol. The van der Waals surface area contributed by atoms with Gasteiger partial charge < -0.3 is 20.4 Å². The molecule has 0 radical (unpaired) electrons. The normalized spacial score (nSPS) is 18.2. The Morgan fingerprint density at radius 3 is 2.58 bits per heavy atom. The lowest BCUT2D eigenvalue weighted by atomic mass is 10.1. The molecule has 3 heterocycles. The number of aromatic amines is 1. The van der Waals surface area contributed by atoms with E-state index in [4.69, 9.17) is 15.6 Å². The van der Waals surface area contributed by atoms with Gasteiger partial charge in [0.25, 0.3) is 5.91 Å². The van der Waals surface area contributed by atoms with E-state index in [1.54, 1.807) is 11.8 Å². The van der Waals surface area contributed by atoms with Crippen molar-refractivity contribution in [1.82, 2.24) is 19.7 Å². The number of hydrogen-bond donors (Lipinski definition) is 2. The highest BCUT2D eigenvalue weighted by Gasteiger charge is 2.40. The second-order valence-electron chi connectivity index (χ2n) is 8.11. The molecule has 0 saturated carbocycles. The Kier molecular flexibility index (Phi) is 5.78. The van der Waals surface area contributed by atoms with Crippen molar-refractivity contribution in [3.63, 3.8) is 0 Å². The van der Waals surface area contributed by atoms with Crippen LogP contribution in [0.5, 0.6) is 0 Å². The standard InChI is InChI=1S/C25H24BrN5O2/c1-16-24(32)30(13-11-17-2-6-20(27)7-3-17)25(33-16)22-15-31(21-8-4-19(26)5-9-21)29-23(22)18-10-12-28-14-18/h2-10,12,14-16,25,28H,11,13,27H2,1H3/t16-,25+/m1/s1. The highest BCUT2D eigenvalue weighted by atomic mass is 79.9. The van der Waals surface area contributed by atoms with Crippen molar-refractivity contribution in [3.8, 4) is 16.9 Å². The fourth-order valence-electron chi connectivity index (χ4n) is 4.07. The van der Waals surface area contributed by atoms with Gasteiger partial charge in [-0.05, 0) is 61.4 Å². The number of nitrogen functional groups attached to an aromatic ring is 1. The fourth-order valence-corrected chi connectivity index (χ4v) is 4.33.